The number of ether oxygens (including phenoxy) is 1. The van der Waals surface area contributed by atoms with Crippen molar-refractivity contribution in [3.8, 4) is 5.75 Å². The van der Waals surface area contributed by atoms with E-state index in [1.54, 1.807) is 6.07 Å². The molecule has 0 saturated heterocycles. The number of hydrogen-bond acceptors (Lipinski definition) is 4. The molecule has 1 aliphatic heterocycles. The van der Waals surface area contributed by atoms with Gasteiger partial charge in [-0.15, -0.1) is 0 Å². The number of hydrogen-bond donors (Lipinski definition) is 2. The molecule has 4 rings (SSSR count). The van der Waals surface area contributed by atoms with E-state index in [0.29, 0.717) is 34.7 Å². The van der Waals surface area contributed by atoms with Crippen LogP contribution in [-0.4, -0.2) is 11.6 Å². The fraction of sp³-hybridized carbons (Fsp3) is 0.250. The first-order valence-electron chi connectivity index (χ1n) is 10.1. The van der Waals surface area contributed by atoms with Gasteiger partial charge in [0, 0.05) is 23.4 Å². The van der Waals surface area contributed by atoms with Crippen molar-refractivity contribution in [2.24, 2.45) is 0 Å². The fourth-order valence-electron chi connectivity index (χ4n) is 3.63. The number of rotatable bonds is 4. The third-order valence-corrected chi connectivity index (χ3v) is 4.99. The molecule has 2 aromatic carbocycles. The summed E-state index contributed by atoms with van der Waals surface area (Å²) in [6.45, 7) is 5.89. The standard InChI is InChI=1S/C24H23FN2O4/c1-4-5-14-12-20(28)30-19-13-18(17-10-11-24(2,3)31-22(17)21(14)19)27-23(29)26-16-8-6-15(25)7-9-16/h6-13H,4-5H2,1-3H3,(H2,26,27,29). The monoisotopic (exact) mass is 422 g/mol. The van der Waals surface area contributed by atoms with Crippen molar-refractivity contribution in [3.63, 3.8) is 0 Å². The van der Waals surface area contributed by atoms with Crippen molar-refractivity contribution < 1.29 is 18.3 Å². The quantitative estimate of drug-likeness (QED) is 0.528. The molecule has 3 aromatic rings. The predicted molar refractivity (Wildman–Crippen MR) is 119 cm³/mol. The van der Waals surface area contributed by atoms with Crippen LogP contribution in [0.1, 0.15) is 38.3 Å². The highest BCUT2D eigenvalue weighted by Crippen LogP contribution is 2.43. The van der Waals surface area contributed by atoms with E-state index >= 15 is 0 Å². The van der Waals surface area contributed by atoms with Crippen molar-refractivity contribution in [2.75, 3.05) is 10.6 Å². The van der Waals surface area contributed by atoms with Gasteiger partial charge in [0.1, 0.15) is 22.8 Å². The number of urea groups is 1. The van der Waals surface area contributed by atoms with Crippen LogP contribution in [0.3, 0.4) is 0 Å². The van der Waals surface area contributed by atoms with Gasteiger partial charge in [-0.05, 0) is 62.2 Å². The summed E-state index contributed by atoms with van der Waals surface area (Å²) in [4.78, 5) is 24.7. The van der Waals surface area contributed by atoms with Gasteiger partial charge in [0.25, 0.3) is 0 Å². The Bertz CT molecular complexity index is 1240. The molecular weight excluding hydrogens is 399 g/mol. The van der Waals surface area contributed by atoms with Crippen LogP contribution < -0.4 is 21.0 Å². The highest BCUT2D eigenvalue weighted by Gasteiger charge is 2.28. The summed E-state index contributed by atoms with van der Waals surface area (Å²) in [5.74, 6) is 0.173. The van der Waals surface area contributed by atoms with Gasteiger partial charge in [0.15, 0.2) is 0 Å². The lowest BCUT2D eigenvalue weighted by atomic mass is 9.96. The second-order valence-electron chi connectivity index (χ2n) is 8.01. The Labute approximate surface area is 178 Å². The van der Waals surface area contributed by atoms with Crippen LogP contribution in [0.25, 0.3) is 17.0 Å². The van der Waals surface area contributed by atoms with E-state index in [9.17, 15) is 14.0 Å². The van der Waals surface area contributed by atoms with Gasteiger partial charge < -0.3 is 19.8 Å². The minimum absolute atomic E-state index is 0.345. The van der Waals surface area contributed by atoms with E-state index < -0.39 is 23.1 Å². The number of anilines is 2. The summed E-state index contributed by atoms with van der Waals surface area (Å²) in [6, 6.07) is 8.06. The van der Waals surface area contributed by atoms with Crippen molar-refractivity contribution >= 4 is 34.5 Å². The topological polar surface area (TPSA) is 80.6 Å². The van der Waals surface area contributed by atoms with Gasteiger partial charge in [-0.2, -0.15) is 0 Å². The van der Waals surface area contributed by atoms with Crippen LogP contribution in [0.5, 0.6) is 5.75 Å². The maximum Gasteiger partial charge on any atom is 0.336 e. The molecular formula is C24H23FN2O4. The molecule has 7 heteroatoms. The second kappa shape index (κ2) is 7.91. The first-order valence-corrected chi connectivity index (χ1v) is 10.1. The summed E-state index contributed by atoms with van der Waals surface area (Å²) in [5, 5.41) is 6.18. The summed E-state index contributed by atoms with van der Waals surface area (Å²) < 4.78 is 24.8. The second-order valence-corrected chi connectivity index (χ2v) is 8.01. The average Bonchev–Trinajstić information content (AvgIpc) is 2.68. The Morgan fingerprint density at radius 3 is 2.58 bits per heavy atom. The molecule has 31 heavy (non-hydrogen) atoms. The van der Waals surface area contributed by atoms with Crippen molar-refractivity contribution in [2.45, 2.75) is 39.2 Å². The van der Waals surface area contributed by atoms with E-state index in [0.717, 1.165) is 17.4 Å². The number of carbonyl (C=O) groups is 1. The summed E-state index contributed by atoms with van der Waals surface area (Å²) >= 11 is 0. The smallest absolute Gasteiger partial charge is 0.336 e. The SMILES string of the molecule is CCCc1cc(=O)oc2cc(NC(=O)Nc3ccc(F)cc3)c3c(c12)OC(C)(C)C=C3. The van der Waals surface area contributed by atoms with Gasteiger partial charge in [0.2, 0.25) is 0 Å². The third kappa shape index (κ3) is 4.30. The third-order valence-electron chi connectivity index (χ3n) is 4.99. The van der Waals surface area contributed by atoms with Crippen LogP contribution in [0.2, 0.25) is 0 Å². The van der Waals surface area contributed by atoms with E-state index in [-0.39, 0.29) is 0 Å². The Hall–Kier alpha value is -3.61. The molecule has 0 spiro atoms. The number of fused-ring (bicyclic) bond motifs is 3. The fourth-order valence-corrected chi connectivity index (χ4v) is 3.63. The normalized spacial score (nSPS) is 14.1. The van der Waals surface area contributed by atoms with Gasteiger partial charge in [-0.1, -0.05) is 13.3 Å². The van der Waals surface area contributed by atoms with Crippen LogP contribution in [-0.2, 0) is 6.42 Å². The zero-order chi connectivity index (χ0) is 22.2. The number of aryl methyl sites for hydroxylation is 1. The molecule has 0 bridgehead atoms. The Morgan fingerprint density at radius 1 is 1.13 bits per heavy atom. The zero-order valence-corrected chi connectivity index (χ0v) is 17.5. The maximum atomic E-state index is 13.1. The molecule has 0 aliphatic carbocycles. The largest absolute Gasteiger partial charge is 0.482 e. The minimum Gasteiger partial charge on any atom is -0.482 e. The predicted octanol–water partition coefficient (Wildman–Crippen LogP) is 5.71. The summed E-state index contributed by atoms with van der Waals surface area (Å²) in [7, 11) is 0. The minimum atomic E-state index is -0.561. The van der Waals surface area contributed by atoms with E-state index in [1.807, 2.05) is 32.9 Å². The average molecular weight is 422 g/mol. The number of benzene rings is 2. The molecule has 0 fully saturated rings. The molecule has 2 heterocycles. The Balaban J connectivity index is 1.79. The molecule has 1 aromatic heterocycles. The number of halogens is 1. The van der Waals surface area contributed by atoms with Gasteiger partial charge in [-0.3, -0.25) is 0 Å². The van der Waals surface area contributed by atoms with E-state index in [4.69, 9.17) is 9.15 Å². The van der Waals surface area contributed by atoms with Gasteiger partial charge in [0.05, 0.1) is 11.1 Å². The highest BCUT2D eigenvalue weighted by molar-refractivity contribution is 6.05. The lowest BCUT2D eigenvalue weighted by molar-refractivity contribution is 0.161. The van der Waals surface area contributed by atoms with E-state index in [2.05, 4.69) is 10.6 Å². The highest BCUT2D eigenvalue weighted by atomic mass is 19.1. The molecule has 0 radical (unpaired) electrons. The molecule has 160 valence electrons. The zero-order valence-electron chi connectivity index (χ0n) is 17.5. The maximum absolute atomic E-state index is 13.1. The molecule has 6 nitrogen and oxygen atoms in total. The number of amides is 2. The number of carbonyl (C=O) groups excluding carboxylic acids is 1. The van der Waals surface area contributed by atoms with Crippen LogP contribution in [0.4, 0.5) is 20.6 Å². The lowest BCUT2D eigenvalue weighted by Crippen LogP contribution is -2.28. The van der Waals surface area contributed by atoms with Crippen LogP contribution >= 0.6 is 0 Å². The molecule has 0 saturated carbocycles. The number of nitrogens with one attached hydrogen (secondary N) is 2. The Kier molecular flexibility index (Phi) is 5.27. The van der Waals surface area contributed by atoms with Crippen molar-refractivity contribution in [1.29, 1.82) is 0 Å². The Morgan fingerprint density at radius 2 is 1.87 bits per heavy atom. The molecule has 0 atom stereocenters. The van der Waals surface area contributed by atoms with Gasteiger partial charge >= 0.3 is 11.7 Å². The molecule has 2 N–H and O–H groups in total. The molecule has 1 aliphatic rings. The summed E-state index contributed by atoms with van der Waals surface area (Å²) in [6.07, 6.45) is 5.35. The summed E-state index contributed by atoms with van der Waals surface area (Å²) in [5.41, 5.74) is 1.74. The van der Waals surface area contributed by atoms with E-state index in [1.165, 1.54) is 30.3 Å². The van der Waals surface area contributed by atoms with Crippen molar-refractivity contribution in [3.05, 3.63) is 69.8 Å². The van der Waals surface area contributed by atoms with Gasteiger partial charge in [-0.25, -0.2) is 14.0 Å². The first-order chi connectivity index (χ1) is 14.8. The first kappa shape index (κ1) is 20.7. The molecule has 2 amide bonds. The van der Waals surface area contributed by atoms with Crippen LogP contribution in [0.15, 0.2) is 51.7 Å². The van der Waals surface area contributed by atoms with Crippen LogP contribution in [0, 0.1) is 5.82 Å². The van der Waals surface area contributed by atoms with Crippen molar-refractivity contribution in [1.82, 2.24) is 0 Å². The molecule has 0 unspecified atom stereocenters. The lowest BCUT2D eigenvalue weighted by Gasteiger charge is -2.30.